The quantitative estimate of drug-likeness (QED) is 0.437. The van der Waals surface area contributed by atoms with E-state index in [1.807, 2.05) is 51.1 Å². The number of likely N-dealkylation sites (N-methyl/N-ethyl adjacent to an activating group) is 1. The number of hydrogen-bond donors (Lipinski definition) is 0. The molecule has 3 aromatic carbocycles. The van der Waals surface area contributed by atoms with Crippen LogP contribution in [0.3, 0.4) is 0 Å². The Morgan fingerprint density at radius 3 is 2.03 bits per heavy atom. The summed E-state index contributed by atoms with van der Waals surface area (Å²) in [5.41, 5.74) is 2.38. The minimum atomic E-state index is -3.79. The predicted octanol–water partition coefficient (Wildman–Crippen LogP) is 4.64. The summed E-state index contributed by atoms with van der Waals surface area (Å²) in [5, 5.41) is 0. The van der Waals surface area contributed by atoms with Gasteiger partial charge in [-0.25, -0.2) is 8.42 Å². The molecule has 0 saturated carbocycles. The van der Waals surface area contributed by atoms with Crippen LogP contribution in [0, 0.1) is 6.92 Å². The number of aryl methyl sites for hydroxylation is 1. The number of rotatable bonds is 10. The van der Waals surface area contributed by atoms with Crippen LogP contribution < -0.4 is 9.04 Å². The molecule has 0 heterocycles. The Kier molecular flexibility index (Phi) is 8.11. The van der Waals surface area contributed by atoms with Gasteiger partial charge < -0.3 is 9.64 Å². The van der Waals surface area contributed by atoms with Crippen LogP contribution in [0.1, 0.15) is 25.0 Å². The van der Waals surface area contributed by atoms with E-state index in [0.717, 1.165) is 11.1 Å². The minimum Gasteiger partial charge on any atom is -0.484 e. The van der Waals surface area contributed by atoms with Crippen LogP contribution in [-0.2, 0) is 21.4 Å². The van der Waals surface area contributed by atoms with Gasteiger partial charge in [0.15, 0.2) is 6.61 Å². The van der Waals surface area contributed by atoms with Gasteiger partial charge in [0.25, 0.3) is 15.9 Å². The Morgan fingerprint density at radius 2 is 1.45 bits per heavy atom. The molecule has 0 aliphatic carbocycles. The predicted molar refractivity (Wildman–Crippen MR) is 131 cm³/mol. The molecule has 0 N–H and O–H groups in total. The second kappa shape index (κ2) is 11.0. The van der Waals surface area contributed by atoms with Gasteiger partial charge in [-0.05, 0) is 62.7 Å². The molecule has 0 aromatic heterocycles. The van der Waals surface area contributed by atoms with Gasteiger partial charge in [0, 0.05) is 13.1 Å². The summed E-state index contributed by atoms with van der Waals surface area (Å²) < 4.78 is 34.1. The fourth-order valence-electron chi connectivity index (χ4n) is 3.42. The second-order valence-corrected chi connectivity index (χ2v) is 9.52. The molecule has 3 rings (SSSR count). The van der Waals surface area contributed by atoms with Crippen molar-refractivity contribution in [3.05, 3.63) is 90.0 Å². The molecular weight excluding hydrogens is 436 g/mol. The van der Waals surface area contributed by atoms with Crippen molar-refractivity contribution in [3.8, 4) is 5.75 Å². The highest BCUT2D eigenvalue weighted by molar-refractivity contribution is 7.92. The van der Waals surface area contributed by atoms with Crippen LogP contribution >= 0.6 is 0 Å². The van der Waals surface area contributed by atoms with E-state index in [9.17, 15) is 13.2 Å². The number of amides is 1. The lowest BCUT2D eigenvalue weighted by atomic mass is 10.2. The third-order valence-corrected chi connectivity index (χ3v) is 7.17. The average Bonchev–Trinajstić information content (AvgIpc) is 2.83. The first-order valence-corrected chi connectivity index (χ1v) is 12.4. The third kappa shape index (κ3) is 6.14. The van der Waals surface area contributed by atoms with Crippen molar-refractivity contribution in [1.82, 2.24) is 4.90 Å². The number of hydrogen-bond acceptors (Lipinski definition) is 4. The molecule has 0 bridgehead atoms. The van der Waals surface area contributed by atoms with Crippen molar-refractivity contribution in [3.63, 3.8) is 0 Å². The summed E-state index contributed by atoms with van der Waals surface area (Å²) in [5.74, 6) is 0.420. The summed E-state index contributed by atoms with van der Waals surface area (Å²) >= 11 is 0. The molecule has 0 fully saturated rings. The minimum absolute atomic E-state index is 0.0591. The monoisotopic (exact) mass is 466 g/mol. The zero-order valence-corrected chi connectivity index (χ0v) is 20.1. The maximum atomic E-state index is 13.5. The molecule has 33 heavy (non-hydrogen) atoms. The highest BCUT2D eigenvalue weighted by Gasteiger charge is 2.25. The van der Waals surface area contributed by atoms with Crippen LogP contribution in [0.2, 0.25) is 0 Å². The molecular formula is C26H30N2O4S. The lowest BCUT2D eigenvalue weighted by molar-refractivity contribution is -0.132. The highest BCUT2D eigenvalue weighted by atomic mass is 32.2. The van der Waals surface area contributed by atoms with Crippen molar-refractivity contribution in [1.29, 1.82) is 0 Å². The largest absolute Gasteiger partial charge is 0.484 e. The molecule has 174 valence electrons. The van der Waals surface area contributed by atoms with E-state index in [2.05, 4.69) is 0 Å². The Hall–Kier alpha value is -3.32. The normalized spacial score (nSPS) is 11.1. The number of ether oxygens (including phenoxy) is 1. The first-order valence-electron chi connectivity index (χ1n) is 11.0. The molecule has 7 heteroatoms. The molecule has 0 saturated heterocycles. The standard InChI is InChI=1S/C26H30N2O4S/c1-4-27(5-2)26(29)20-32-24-15-13-23(14-16-24)28(19-22-9-7-6-8-10-22)33(30,31)25-17-11-21(3)12-18-25/h6-18H,4-5,19-20H2,1-3H3. The van der Waals surface area contributed by atoms with E-state index in [4.69, 9.17) is 4.74 Å². The Bertz CT molecular complexity index is 1140. The number of carbonyl (C=O) groups is 1. The summed E-state index contributed by atoms with van der Waals surface area (Å²) in [4.78, 5) is 14.1. The van der Waals surface area contributed by atoms with Crippen LogP contribution in [0.5, 0.6) is 5.75 Å². The SMILES string of the molecule is CCN(CC)C(=O)COc1ccc(N(Cc2ccccc2)S(=O)(=O)c2ccc(C)cc2)cc1. The molecule has 6 nitrogen and oxygen atoms in total. The van der Waals surface area contributed by atoms with Gasteiger partial charge in [0.05, 0.1) is 17.1 Å². The van der Waals surface area contributed by atoms with E-state index >= 15 is 0 Å². The highest BCUT2D eigenvalue weighted by Crippen LogP contribution is 2.28. The first kappa shape index (κ1) is 24.3. The molecule has 0 aliphatic rings. The van der Waals surface area contributed by atoms with Crippen molar-refractivity contribution in [2.75, 3.05) is 24.0 Å². The number of sulfonamides is 1. The average molecular weight is 467 g/mol. The number of anilines is 1. The molecule has 0 aliphatic heterocycles. The fraction of sp³-hybridized carbons (Fsp3) is 0.269. The third-order valence-electron chi connectivity index (χ3n) is 5.38. The van der Waals surface area contributed by atoms with Crippen LogP contribution in [0.15, 0.2) is 83.8 Å². The molecule has 0 unspecified atom stereocenters. The van der Waals surface area contributed by atoms with Gasteiger partial charge in [0.1, 0.15) is 5.75 Å². The Morgan fingerprint density at radius 1 is 0.848 bits per heavy atom. The Balaban J connectivity index is 1.86. The van der Waals surface area contributed by atoms with E-state index in [-0.39, 0.29) is 24.0 Å². The lowest BCUT2D eigenvalue weighted by Crippen LogP contribution is -2.34. The molecule has 0 radical (unpaired) electrons. The van der Waals surface area contributed by atoms with Crippen molar-refractivity contribution >= 4 is 21.6 Å². The Labute approximate surface area is 196 Å². The fourth-order valence-corrected chi connectivity index (χ4v) is 4.88. The van der Waals surface area contributed by atoms with Gasteiger partial charge in [-0.2, -0.15) is 0 Å². The van der Waals surface area contributed by atoms with Crippen LogP contribution in [0.25, 0.3) is 0 Å². The summed E-state index contributed by atoms with van der Waals surface area (Å²) in [6, 6.07) is 23.1. The number of carbonyl (C=O) groups excluding carboxylic acids is 1. The summed E-state index contributed by atoms with van der Waals surface area (Å²) in [7, 11) is -3.79. The van der Waals surface area contributed by atoms with Gasteiger partial charge in [0.2, 0.25) is 0 Å². The van der Waals surface area contributed by atoms with Gasteiger partial charge in [-0.15, -0.1) is 0 Å². The van der Waals surface area contributed by atoms with Crippen LogP contribution in [-0.4, -0.2) is 38.9 Å². The van der Waals surface area contributed by atoms with Crippen molar-refractivity contribution < 1.29 is 17.9 Å². The van der Waals surface area contributed by atoms with Crippen molar-refractivity contribution in [2.45, 2.75) is 32.2 Å². The summed E-state index contributed by atoms with van der Waals surface area (Å²) in [6.45, 7) is 7.15. The number of nitrogens with zero attached hydrogens (tertiary/aromatic N) is 2. The first-order chi connectivity index (χ1) is 15.8. The van der Waals surface area contributed by atoms with Crippen LogP contribution in [0.4, 0.5) is 5.69 Å². The molecule has 3 aromatic rings. The van der Waals surface area contributed by atoms with E-state index in [1.165, 1.54) is 4.31 Å². The smallest absolute Gasteiger partial charge is 0.264 e. The van der Waals surface area contributed by atoms with E-state index < -0.39 is 10.0 Å². The lowest BCUT2D eigenvalue weighted by Gasteiger charge is -2.25. The second-order valence-electron chi connectivity index (χ2n) is 7.66. The molecule has 1 amide bonds. The maximum Gasteiger partial charge on any atom is 0.264 e. The summed E-state index contributed by atoms with van der Waals surface area (Å²) in [6.07, 6.45) is 0. The zero-order chi connectivity index (χ0) is 23.8. The zero-order valence-electron chi connectivity index (χ0n) is 19.3. The van der Waals surface area contributed by atoms with Crippen molar-refractivity contribution in [2.24, 2.45) is 0 Å². The topological polar surface area (TPSA) is 66.9 Å². The van der Waals surface area contributed by atoms with E-state index in [1.54, 1.807) is 53.4 Å². The molecule has 0 spiro atoms. The van der Waals surface area contributed by atoms with Gasteiger partial charge in [-0.3, -0.25) is 9.10 Å². The number of benzene rings is 3. The van der Waals surface area contributed by atoms with Gasteiger partial charge >= 0.3 is 0 Å². The van der Waals surface area contributed by atoms with E-state index in [0.29, 0.717) is 24.5 Å². The molecule has 0 atom stereocenters. The van der Waals surface area contributed by atoms with Gasteiger partial charge in [-0.1, -0.05) is 48.0 Å². The maximum absolute atomic E-state index is 13.5.